The molecule has 3 heterocycles. The number of fused-ring (bicyclic) bond motifs is 1. The molecule has 3 nitrogen and oxygen atoms in total. The first-order chi connectivity index (χ1) is 5.20. The molecule has 0 amide bonds. The van der Waals surface area contributed by atoms with Crippen LogP contribution < -0.4 is 4.18 Å². The number of furan rings is 1. The van der Waals surface area contributed by atoms with Crippen molar-refractivity contribution in [1.82, 2.24) is 0 Å². The molecule has 0 radical (unpaired) electrons. The fourth-order valence-corrected chi connectivity index (χ4v) is 2.69. The average molecular weight is 170 g/mol. The molecule has 2 aliphatic rings. The van der Waals surface area contributed by atoms with Gasteiger partial charge in [-0.15, -0.1) is 0 Å². The van der Waals surface area contributed by atoms with Gasteiger partial charge in [-0.3, -0.25) is 0 Å². The van der Waals surface area contributed by atoms with E-state index in [1.807, 2.05) is 13.0 Å². The van der Waals surface area contributed by atoms with Crippen LogP contribution >= 0.6 is 0 Å². The van der Waals surface area contributed by atoms with Crippen molar-refractivity contribution in [3.63, 3.8) is 0 Å². The molecule has 1 aromatic rings. The highest BCUT2D eigenvalue weighted by Crippen LogP contribution is 2.51. The van der Waals surface area contributed by atoms with Gasteiger partial charge in [-0.1, -0.05) is 0 Å². The van der Waals surface area contributed by atoms with E-state index in [2.05, 4.69) is 0 Å². The topological polar surface area (TPSA) is 39.4 Å². The Hall–Kier alpha value is -0.770. The first-order valence-electron chi connectivity index (χ1n) is 3.43. The van der Waals surface area contributed by atoms with Gasteiger partial charge in [0.15, 0.2) is 11.5 Å². The summed E-state index contributed by atoms with van der Waals surface area (Å²) < 4.78 is 21.4. The third-order valence-electron chi connectivity index (χ3n) is 2.27. The van der Waals surface area contributed by atoms with Crippen molar-refractivity contribution in [1.29, 1.82) is 0 Å². The third kappa shape index (κ3) is 0.464. The molecule has 2 unspecified atom stereocenters. The van der Waals surface area contributed by atoms with E-state index in [1.165, 1.54) is 0 Å². The quantitative estimate of drug-likeness (QED) is 0.585. The Labute approximate surface area is 66.0 Å². The van der Waals surface area contributed by atoms with E-state index in [9.17, 15) is 4.21 Å². The molecule has 0 aliphatic carbocycles. The molecule has 0 fully saturated rings. The lowest BCUT2D eigenvalue weighted by atomic mass is 10.00. The fourth-order valence-electron chi connectivity index (χ4n) is 1.66. The Morgan fingerprint density at radius 3 is 3.09 bits per heavy atom. The SMILES string of the molecule is CC12Cc3cc(c1o3)OS2=O. The van der Waals surface area contributed by atoms with E-state index in [-0.39, 0.29) is 4.75 Å². The third-order valence-corrected chi connectivity index (χ3v) is 3.67. The first-order valence-corrected chi connectivity index (χ1v) is 4.51. The molecule has 0 saturated heterocycles. The van der Waals surface area contributed by atoms with Crippen LogP contribution in [0.15, 0.2) is 10.5 Å². The van der Waals surface area contributed by atoms with Crippen molar-refractivity contribution in [2.24, 2.45) is 0 Å². The molecule has 2 aliphatic heterocycles. The van der Waals surface area contributed by atoms with Crippen LogP contribution in [0, 0.1) is 0 Å². The predicted molar refractivity (Wildman–Crippen MR) is 38.5 cm³/mol. The zero-order chi connectivity index (χ0) is 7.64. The van der Waals surface area contributed by atoms with Crippen molar-refractivity contribution in [3.8, 4) is 5.75 Å². The molecule has 0 spiro atoms. The minimum atomic E-state index is -1.23. The van der Waals surface area contributed by atoms with Crippen molar-refractivity contribution in [2.45, 2.75) is 18.1 Å². The van der Waals surface area contributed by atoms with Gasteiger partial charge in [0.25, 0.3) is 0 Å². The van der Waals surface area contributed by atoms with Crippen LogP contribution in [0.5, 0.6) is 5.75 Å². The summed E-state index contributed by atoms with van der Waals surface area (Å²) in [6.07, 6.45) is 0.721. The highest BCUT2D eigenvalue weighted by molar-refractivity contribution is 7.82. The lowest BCUT2D eigenvalue weighted by Gasteiger charge is -2.10. The summed E-state index contributed by atoms with van der Waals surface area (Å²) in [4.78, 5) is 0. The van der Waals surface area contributed by atoms with Gasteiger partial charge >= 0.3 is 0 Å². The molecule has 0 aromatic carbocycles. The Bertz CT molecular complexity index is 368. The van der Waals surface area contributed by atoms with Crippen LogP contribution in [0.2, 0.25) is 0 Å². The molecule has 58 valence electrons. The maximum atomic E-state index is 11.3. The van der Waals surface area contributed by atoms with E-state index < -0.39 is 11.1 Å². The standard InChI is InChI=1S/C7H6O3S/c1-7-3-4-2-5(6(7)9-4)10-11(7)8/h2H,3H2,1H3. The van der Waals surface area contributed by atoms with Gasteiger partial charge in [-0.2, -0.15) is 0 Å². The second-order valence-corrected chi connectivity index (χ2v) is 4.67. The van der Waals surface area contributed by atoms with E-state index in [1.54, 1.807) is 0 Å². The molecular formula is C7H6O3S. The zero-order valence-corrected chi connectivity index (χ0v) is 6.73. The summed E-state index contributed by atoms with van der Waals surface area (Å²) >= 11 is -1.23. The first kappa shape index (κ1) is 5.83. The Kier molecular flexibility index (Phi) is 0.735. The van der Waals surface area contributed by atoms with Crippen LogP contribution in [-0.4, -0.2) is 4.21 Å². The predicted octanol–water partition coefficient (Wildman–Crippen LogP) is 1.11. The normalized spacial score (nSPS) is 37.7. The maximum absolute atomic E-state index is 11.3. The second kappa shape index (κ2) is 1.39. The maximum Gasteiger partial charge on any atom is 0.221 e. The van der Waals surface area contributed by atoms with Gasteiger partial charge < -0.3 is 8.60 Å². The molecule has 2 bridgehead atoms. The Morgan fingerprint density at radius 2 is 2.55 bits per heavy atom. The van der Waals surface area contributed by atoms with Crippen LogP contribution in [0.1, 0.15) is 18.4 Å². The van der Waals surface area contributed by atoms with Crippen molar-refractivity contribution in [3.05, 3.63) is 17.6 Å². The molecule has 11 heavy (non-hydrogen) atoms. The molecule has 0 N–H and O–H groups in total. The highest BCUT2D eigenvalue weighted by Gasteiger charge is 2.53. The lowest BCUT2D eigenvalue weighted by molar-refractivity contribution is 0.518. The molecule has 2 atom stereocenters. The Balaban J connectivity index is 2.38. The fraction of sp³-hybridized carbons (Fsp3) is 0.429. The van der Waals surface area contributed by atoms with Gasteiger partial charge in [-0.05, 0) is 6.92 Å². The van der Waals surface area contributed by atoms with E-state index >= 15 is 0 Å². The summed E-state index contributed by atoms with van der Waals surface area (Å²) in [6.45, 7) is 1.91. The van der Waals surface area contributed by atoms with E-state index in [4.69, 9.17) is 8.60 Å². The van der Waals surface area contributed by atoms with Crippen molar-refractivity contribution >= 4 is 11.1 Å². The van der Waals surface area contributed by atoms with Gasteiger partial charge in [0.1, 0.15) is 10.5 Å². The minimum Gasteiger partial charge on any atom is -0.460 e. The summed E-state index contributed by atoms with van der Waals surface area (Å²) in [5.74, 6) is 2.33. The monoisotopic (exact) mass is 170 g/mol. The molecule has 1 aromatic heterocycles. The summed E-state index contributed by atoms with van der Waals surface area (Å²) in [7, 11) is 0. The highest BCUT2D eigenvalue weighted by atomic mass is 32.2. The lowest BCUT2D eigenvalue weighted by Crippen LogP contribution is -2.24. The van der Waals surface area contributed by atoms with Crippen LogP contribution in [0.25, 0.3) is 0 Å². The van der Waals surface area contributed by atoms with E-state index in [0.29, 0.717) is 5.75 Å². The molecular weight excluding hydrogens is 164 g/mol. The van der Waals surface area contributed by atoms with Crippen molar-refractivity contribution < 1.29 is 12.8 Å². The second-order valence-electron chi connectivity index (χ2n) is 3.13. The molecule has 3 rings (SSSR count). The summed E-state index contributed by atoms with van der Waals surface area (Å²) in [5, 5.41) is 0. The van der Waals surface area contributed by atoms with Gasteiger partial charge in [0, 0.05) is 12.5 Å². The van der Waals surface area contributed by atoms with Gasteiger partial charge in [-0.25, -0.2) is 4.21 Å². The molecule has 0 saturated carbocycles. The van der Waals surface area contributed by atoms with Gasteiger partial charge in [0.05, 0.1) is 0 Å². The largest absolute Gasteiger partial charge is 0.460 e. The minimum absolute atomic E-state index is 0.376. The van der Waals surface area contributed by atoms with Crippen LogP contribution in [0.3, 0.4) is 0 Å². The summed E-state index contributed by atoms with van der Waals surface area (Å²) in [6, 6.07) is 1.82. The van der Waals surface area contributed by atoms with Crippen LogP contribution in [0.4, 0.5) is 0 Å². The Morgan fingerprint density at radius 1 is 1.73 bits per heavy atom. The number of hydrogen-bond donors (Lipinski definition) is 0. The number of rotatable bonds is 0. The van der Waals surface area contributed by atoms with Crippen molar-refractivity contribution in [2.75, 3.05) is 0 Å². The van der Waals surface area contributed by atoms with Crippen LogP contribution in [-0.2, 0) is 22.2 Å². The summed E-state index contributed by atoms with van der Waals surface area (Å²) in [5.41, 5.74) is 0. The van der Waals surface area contributed by atoms with E-state index in [0.717, 1.165) is 17.9 Å². The molecule has 4 heteroatoms. The van der Waals surface area contributed by atoms with Gasteiger partial charge in [0.2, 0.25) is 11.1 Å². The zero-order valence-electron chi connectivity index (χ0n) is 5.92. The average Bonchev–Trinajstić information content (AvgIpc) is 2.45. The number of hydrogen-bond acceptors (Lipinski definition) is 3. The smallest absolute Gasteiger partial charge is 0.221 e.